The van der Waals surface area contributed by atoms with Crippen molar-refractivity contribution in [3.63, 3.8) is 0 Å². The summed E-state index contributed by atoms with van der Waals surface area (Å²) in [5.41, 5.74) is -0.000752. The van der Waals surface area contributed by atoms with Gasteiger partial charge < -0.3 is 10.4 Å². The largest absolute Gasteiger partial charge is 0.480 e. The number of carbonyl (C=O) groups is 3. The third-order valence-corrected chi connectivity index (χ3v) is 3.43. The standard InChI is InChI=1S/C15H20N2O4/c1-10(18)11-5-7-12(8-6-11)16-13(19)9-17(4)15(2,3)14(20)21/h5-8H,9H2,1-4H3,(H,16,19)(H,20,21). The molecule has 0 radical (unpaired) electrons. The Morgan fingerprint density at radius 3 is 2.14 bits per heavy atom. The Balaban J connectivity index is 2.65. The average molecular weight is 292 g/mol. The van der Waals surface area contributed by atoms with Crippen molar-refractivity contribution in [2.45, 2.75) is 26.3 Å². The van der Waals surface area contributed by atoms with Gasteiger partial charge in [0.1, 0.15) is 5.54 Å². The molecule has 21 heavy (non-hydrogen) atoms. The summed E-state index contributed by atoms with van der Waals surface area (Å²) in [6.07, 6.45) is 0. The zero-order valence-electron chi connectivity index (χ0n) is 12.6. The number of likely N-dealkylation sites (N-methyl/N-ethyl adjacent to an activating group) is 1. The lowest BCUT2D eigenvalue weighted by molar-refractivity contribution is -0.148. The van der Waals surface area contributed by atoms with Crippen LogP contribution in [0.4, 0.5) is 5.69 Å². The summed E-state index contributed by atoms with van der Waals surface area (Å²) in [7, 11) is 1.58. The monoisotopic (exact) mass is 292 g/mol. The zero-order chi connectivity index (χ0) is 16.2. The maximum absolute atomic E-state index is 11.9. The first-order valence-corrected chi connectivity index (χ1v) is 6.50. The van der Waals surface area contributed by atoms with E-state index in [1.165, 1.54) is 25.7 Å². The fraction of sp³-hybridized carbons (Fsp3) is 0.400. The molecule has 1 aromatic rings. The predicted octanol–water partition coefficient (Wildman–Crippen LogP) is 1.62. The molecule has 6 nitrogen and oxygen atoms in total. The molecule has 1 rings (SSSR count). The highest BCUT2D eigenvalue weighted by Gasteiger charge is 2.32. The molecule has 0 bridgehead atoms. The molecule has 0 aliphatic rings. The van der Waals surface area contributed by atoms with Crippen LogP contribution in [0.2, 0.25) is 0 Å². The number of carboxylic acid groups (broad SMARTS) is 1. The van der Waals surface area contributed by atoms with Crippen molar-refractivity contribution < 1.29 is 19.5 Å². The molecule has 0 aromatic heterocycles. The highest BCUT2D eigenvalue weighted by molar-refractivity contribution is 5.96. The Morgan fingerprint density at radius 2 is 1.71 bits per heavy atom. The second-order valence-corrected chi connectivity index (χ2v) is 5.40. The van der Waals surface area contributed by atoms with Crippen molar-refractivity contribution in [3.8, 4) is 0 Å². The minimum absolute atomic E-state index is 0.0455. The summed E-state index contributed by atoms with van der Waals surface area (Å²) < 4.78 is 0. The van der Waals surface area contributed by atoms with Gasteiger partial charge in [0.05, 0.1) is 6.54 Å². The molecule has 0 saturated heterocycles. The topological polar surface area (TPSA) is 86.7 Å². The lowest BCUT2D eigenvalue weighted by atomic mass is 10.0. The van der Waals surface area contributed by atoms with E-state index in [0.717, 1.165) is 0 Å². The van der Waals surface area contributed by atoms with Crippen LogP contribution in [0.1, 0.15) is 31.1 Å². The van der Waals surface area contributed by atoms with Gasteiger partial charge in [-0.05, 0) is 52.1 Å². The number of rotatable bonds is 6. The minimum Gasteiger partial charge on any atom is -0.480 e. The second kappa shape index (κ2) is 6.49. The Morgan fingerprint density at radius 1 is 1.19 bits per heavy atom. The Hall–Kier alpha value is -2.21. The number of anilines is 1. The molecule has 0 saturated carbocycles. The number of hydrogen-bond donors (Lipinski definition) is 2. The number of carboxylic acids is 1. The molecule has 1 aromatic carbocycles. The molecule has 6 heteroatoms. The van der Waals surface area contributed by atoms with Gasteiger partial charge in [0.2, 0.25) is 5.91 Å². The zero-order valence-corrected chi connectivity index (χ0v) is 12.6. The van der Waals surface area contributed by atoms with E-state index in [4.69, 9.17) is 5.11 Å². The van der Waals surface area contributed by atoms with Gasteiger partial charge in [-0.15, -0.1) is 0 Å². The van der Waals surface area contributed by atoms with Crippen molar-refractivity contribution in [3.05, 3.63) is 29.8 Å². The van der Waals surface area contributed by atoms with Gasteiger partial charge in [0.15, 0.2) is 5.78 Å². The van der Waals surface area contributed by atoms with E-state index < -0.39 is 11.5 Å². The van der Waals surface area contributed by atoms with E-state index in [9.17, 15) is 14.4 Å². The number of nitrogens with zero attached hydrogens (tertiary/aromatic N) is 1. The molecule has 1 amide bonds. The Kier molecular flexibility index (Phi) is 5.21. The molecule has 0 unspecified atom stereocenters. The molecule has 0 heterocycles. The summed E-state index contributed by atoms with van der Waals surface area (Å²) in [4.78, 5) is 35.6. The third-order valence-electron chi connectivity index (χ3n) is 3.43. The molecule has 2 N–H and O–H groups in total. The van der Waals surface area contributed by atoms with Crippen molar-refractivity contribution in [2.24, 2.45) is 0 Å². The number of hydrogen-bond acceptors (Lipinski definition) is 4. The maximum Gasteiger partial charge on any atom is 0.323 e. The van der Waals surface area contributed by atoms with Crippen LogP contribution in [0.25, 0.3) is 0 Å². The summed E-state index contributed by atoms with van der Waals surface area (Å²) in [5, 5.41) is 11.8. The minimum atomic E-state index is -1.13. The molecular weight excluding hydrogens is 272 g/mol. The van der Waals surface area contributed by atoms with Gasteiger partial charge in [-0.2, -0.15) is 0 Å². The van der Waals surface area contributed by atoms with Gasteiger partial charge in [0, 0.05) is 11.3 Å². The first-order chi connectivity index (χ1) is 9.64. The van der Waals surface area contributed by atoms with Crippen molar-refractivity contribution in [1.82, 2.24) is 4.90 Å². The Bertz CT molecular complexity index is 549. The summed E-state index contributed by atoms with van der Waals surface area (Å²) >= 11 is 0. The summed E-state index contributed by atoms with van der Waals surface area (Å²) in [6.45, 7) is 4.48. The van der Waals surface area contributed by atoms with Crippen LogP contribution in [0.3, 0.4) is 0 Å². The number of Topliss-reactive ketones (excluding diaryl/α,β-unsaturated/α-hetero) is 1. The smallest absolute Gasteiger partial charge is 0.323 e. The molecular formula is C15H20N2O4. The molecule has 0 aliphatic heterocycles. The molecule has 0 fully saturated rings. The normalized spacial score (nSPS) is 11.3. The van der Waals surface area contributed by atoms with Crippen LogP contribution in [0.5, 0.6) is 0 Å². The molecule has 0 spiro atoms. The van der Waals surface area contributed by atoms with Gasteiger partial charge in [-0.3, -0.25) is 19.3 Å². The number of benzene rings is 1. The third kappa shape index (κ3) is 4.39. The van der Waals surface area contributed by atoms with Gasteiger partial charge in [-0.25, -0.2) is 0 Å². The van der Waals surface area contributed by atoms with Crippen LogP contribution in [0.15, 0.2) is 24.3 Å². The van der Waals surface area contributed by atoms with Crippen LogP contribution in [-0.2, 0) is 9.59 Å². The van der Waals surface area contributed by atoms with E-state index in [1.807, 2.05) is 0 Å². The summed E-state index contributed by atoms with van der Waals surface area (Å²) in [5.74, 6) is -1.36. The second-order valence-electron chi connectivity index (χ2n) is 5.40. The van der Waals surface area contributed by atoms with Crippen molar-refractivity contribution >= 4 is 23.3 Å². The van der Waals surface area contributed by atoms with Crippen molar-refractivity contribution in [1.29, 1.82) is 0 Å². The van der Waals surface area contributed by atoms with Crippen LogP contribution >= 0.6 is 0 Å². The fourth-order valence-electron chi connectivity index (χ4n) is 1.57. The molecule has 0 aliphatic carbocycles. The highest BCUT2D eigenvalue weighted by atomic mass is 16.4. The molecule has 114 valence electrons. The maximum atomic E-state index is 11.9. The van der Waals surface area contributed by atoms with Gasteiger partial charge in [-0.1, -0.05) is 0 Å². The predicted molar refractivity (Wildman–Crippen MR) is 79.4 cm³/mol. The quantitative estimate of drug-likeness (QED) is 0.778. The first-order valence-electron chi connectivity index (χ1n) is 6.50. The van der Waals surface area contributed by atoms with Gasteiger partial charge >= 0.3 is 5.97 Å². The molecule has 0 atom stereocenters. The van der Waals surface area contributed by atoms with E-state index >= 15 is 0 Å². The highest BCUT2D eigenvalue weighted by Crippen LogP contribution is 2.13. The number of ketones is 1. The van der Waals surface area contributed by atoms with Gasteiger partial charge in [0.25, 0.3) is 0 Å². The van der Waals surface area contributed by atoms with E-state index in [1.54, 1.807) is 31.3 Å². The average Bonchev–Trinajstić information content (AvgIpc) is 2.38. The lowest BCUT2D eigenvalue weighted by Crippen LogP contribution is -2.50. The van der Waals surface area contributed by atoms with Crippen LogP contribution < -0.4 is 5.32 Å². The van der Waals surface area contributed by atoms with Crippen LogP contribution in [-0.4, -0.2) is 46.8 Å². The van der Waals surface area contributed by atoms with Crippen LogP contribution in [0, 0.1) is 0 Å². The number of carbonyl (C=O) groups excluding carboxylic acids is 2. The number of amides is 1. The number of aliphatic carboxylic acids is 1. The van der Waals surface area contributed by atoms with E-state index in [0.29, 0.717) is 11.3 Å². The fourth-order valence-corrected chi connectivity index (χ4v) is 1.57. The Labute approximate surface area is 123 Å². The number of nitrogens with one attached hydrogen (secondary N) is 1. The van der Waals surface area contributed by atoms with E-state index in [-0.39, 0.29) is 18.2 Å². The van der Waals surface area contributed by atoms with E-state index in [2.05, 4.69) is 5.32 Å². The lowest BCUT2D eigenvalue weighted by Gasteiger charge is -2.30. The summed E-state index contributed by atoms with van der Waals surface area (Å²) in [6, 6.07) is 6.53. The van der Waals surface area contributed by atoms with Crippen molar-refractivity contribution in [2.75, 3.05) is 18.9 Å². The first kappa shape index (κ1) is 16.8. The SMILES string of the molecule is CC(=O)c1ccc(NC(=O)CN(C)C(C)(C)C(=O)O)cc1.